The van der Waals surface area contributed by atoms with Crippen LogP contribution in [0.15, 0.2) is 57.6 Å². The number of hydrogen-bond acceptors (Lipinski definition) is 5. The minimum Gasteiger partial charge on any atom is -0.506 e. The quantitative estimate of drug-likeness (QED) is 0.490. The number of aromatic hydroxyl groups is 1. The Kier molecular flexibility index (Phi) is 6.33. The zero-order valence-electron chi connectivity index (χ0n) is 10.9. The van der Waals surface area contributed by atoms with Crippen LogP contribution in [-0.2, 0) is 10.1 Å². The van der Waals surface area contributed by atoms with E-state index in [9.17, 15) is 13.5 Å². The standard InChI is InChI=1S/C12H9ClN2O4S.Na/c13-11-7-9(3-6-12(11)16)15-14-8-1-4-10(5-2-8)20(17,18)19;/h1-7,16H,(H,17,18,19);/q;+1. The summed E-state index contributed by atoms with van der Waals surface area (Å²) in [6.07, 6.45) is 0. The Morgan fingerprint density at radius 2 is 1.48 bits per heavy atom. The molecule has 2 rings (SSSR count). The third-order valence-electron chi connectivity index (χ3n) is 2.35. The molecule has 0 heterocycles. The summed E-state index contributed by atoms with van der Waals surface area (Å²) >= 11 is 5.72. The van der Waals surface area contributed by atoms with Gasteiger partial charge in [0, 0.05) is 0 Å². The number of rotatable bonds is 3. The third kappa shape index (κ3) is 5.06. The van der Waals surface area contributed by atoms with Gasteiger partial charge in [-0.3, -0.25) is 4.55 Å². The molecule has 0 fully saturated rings. The molecule has 6 nitrogen and oxygen atoms in total. The molecular formula is C12H9ClN2NaO4S+. The molecule has 0 aliphatic carbocycles. The molecule has 2 N–H and O–H groups in total. The van der Waals surface area contributed by atoms with E-state index in [1.807, 2.05) is 0 Å². The molecule has 104 valence electrons. The van der Waals surface area contributed by atoms with Gasteiger partial charge in [-0.15, -0.1) is 0 Å². The molecule has 0 aliphatic heterocycles. The van der Waals surface area contributed by atoms with Gasteiger partial charge in [-0.1, -0.05) is 11.6 Å². The Morgan fingerprint density at radius 3 is 2.00 bits per heavy atom. The van der Waals surface area contributed by atoms with Crippen LogP contribution in [0.2, 0.25) is 5.02 Å². The van der Waals surface area contributed by atoms with Crippen molar-refractivity contribution in [3.8, 4) is 5.75 Å². The minimum absolute atomic E-state index is 0. The van der Waals surface area contributed by atoms with Crippen LogP contribution in [0.5, 0.6) is 5.75 Å². The Balaban J connectivity index is 0.00000220. The first-order chi connectivity index (χ1) is 9.36. The zero-order valence-corrected chi connectivity index (χ0v) is 14.5. The number of halogens is 1. The van der Waals surface area contributed by atoms with E-state index in [4.69, 9.17) is 16.2 Å². The average molecular weight is 336 g/mol. The average Bonchev–Trinajstić information content (AvgIpc) is 2.40. The number of phenols is 1. The third-order valence-corrected chi connectivity index (χ3v) is 3.52. The van der Waals surface area contributed by atoms with Crippen molar-refractivity contribution in [2.75, 3.05) is 0 Å². The van der Waals surface area contributed by atoms with Gasteiger partial charge in [0.05, 0.1) is 21.3 Å². The van der Waals surface area contributed by atoms with E-state index in [0.29, 0.717) is 11.4 Å². The zero-order chi connectivity index (χ0) is 14.8. The monoisotopic (exact) mass is 335 g/mol. The Labute approximate surface area is 148 Å². The van der Waals surface area contributed by atoms with Crippen LogP contribution < -0.4 is 29.6 Å². The molecule has 0 amide bonds. The first kappa shape index (κ1) is 18.1. The Morgan fingerprint density at radius 1 is 0.952 bits per heavy atom. The van der Waals surface area contributed by atoms with E-state index < -0.39 is 10.1 Å². The van der Waals surface area contributed by atoms with E-state index in [1.165, 1.54) is 42.5 Å². The molecule has 0 saturated carbocycles. The topological polar surface area (TPSA) is 99.3 Å². The fraction of sp³-hybridized carbons (Fsp3) is 0. The molecule has 9 heteroatoms. The fourth-order valence-electron chi connectivity index (χ4n) is 1.36. The minimum atomic E-state index is -4.21. The van der Waals surface area contributed by atoms with Crippen LogP contribution in [-0.4, -0.2) is 18.1 Å². The molecule has 0 aliphatic rings. The second kappa shape index (κ2) is 7.35. The first-order valence-corrected chi connectivity index (χ1v) is 7.16. The largest absolute Gasteiger partial charge is 1.00 e. The van der Waals surface area contributed by atoms with E-state index in [1.54, 1.807) is 0 Å². The molecule has 0 bridgehead atoms. The smallest absolute Gasteiger partial charge is 0.506 e. The molecule has 0 unspecified atom stereocenters. The van der Waals surface area contributed by atoms with E-state index in [0.717, 1.165) is 0 Å². The van der Waals surface area contributed by atoms with Gasteiger partial charge in [0.2, 0.25) is 0 Å². The van der Waals surface area contributed by atoms with Crippen molar-refractivity contribution in [2.24, 2.45) is 10.2 Å². The predicted molar refractivity (Wildman–Crippen MR) is 73.5 cm³/mol. The van der Waals surface area contributed by atoms with Crippen molar-refractivity contribution in [1.29, 1.82) is 0 Å². The summed E-state index contributed by atoms with van der Waals surface area (Å²) in [6.45, 7) is 0. The molecule has 0 spiro atoms. The van der Waals surface area contributed by atoms with Gasteiger partial charge in [-0.2, -0.15) is 18.6 Å². The van der Waals surface area contributed by atoms with Gasteiger partial charge in [0.15, 0.2) is 0 Å². The van der Waals surface area contributed by atoms with Crippen LogP contribution >= 0.6 is 11.6 Å². The number of hydrogen-bond donors (Lipinski definition) is 2. The molecule has 0 saturated heterocycles. The summed E-state index contributed by atoms with van der Waals surface area (Å²) in [4.78, 5) is -0.218. The summed E-state index contributed by atoms with van der Waals surface area (Å²) in [7, 11) is -4.21. The van der Waals surface area contributed by atoms with Crippen molar-refractivity contribution in [3.63, 3.8) is 0 Å². The van der Waals surface area contributed by atoms with E-state index in [-0.39, 0.29) is 45.2 Å². The normalized spacial score (nSPS) is 11.3. The van der Waals surface area contributed by atoms with Crippen molar-refractivity contribution < 1.29 is 47.6 Å². The molecular weight excluding hydrogens is 327 g/mol. The van der Waals surface area contributed by atoms with Crippen LogP contribution in [0.3, 0.4) is 0 Å². The van der Waals surface area contributed by atoms with Gasteiger partial charge in [0.25, 0.3) is 10.1 Å². The summed E-state index contributed by atoms with van der Waals surface area (Å²) in [5.41, 5.74) is 0.841. The molecule has 0 atom stereocenters. The van der Waals surface area contributed by atoms with Gasteiger partial charge in [0.1, 0.15) is 5.75 Å². The summed E-state index contributed by atoms with van der Waals surface area (Å²) in [6, 6.07) is 9.58. The summed E-state index contributed by atoms with van der Waals surface area (Å²) in [5, 5.41) is 17.2. The molecule has 0 radical (unpaired) electrons. The Hall–Kier alpha value is -0.960. The van der Waals surface area contributed by atoms with E-state index >= 15 is 0 Å². The Bertz CT molecular complexity index is 763. The number of phenolic OH excluding ortho intramolecular Hbond substituents is 1. The van der Waals surface area contributed by atoms with Crippen molar-refractivity contribution in [1.82, 2.24) is 0 Å². The van der Waals surface area contributed by atoms with Crippen molar-refractivity contribution >= 4 is 33.1 Å². The summed E-state index contributed by atoms with van der Waals surface area (Å²) in [5.74, 6) is -0.0527. The van der Waals surface area contributed by atoms with E-state index in [2.05, 4.69) is 10.2 Å². The van der Waals surface area contributed by atoms with Crippen molar-refractivity contribution in [2.45, 2.75) is 4.90 Å². The fourth-order valence-corrected chi connectivity index (χ4v) is 2.01. The second-order valence-electron chi connectivity index (χ2n) is 3.80. The van der Waals surface area contributed by atoms with Gasteiger partial charge < -0.3 is 5.11 Å². The van der Waals surface area contributed by atoms with Crippen LogP contribution in [0.4, 0.5) is 11.4 Å². The van der Waals surface area contributed by atoms with Crippen molar-refractivity contribution in [3.05, 3.63) is 47.5 Å². The maximum atomic E-state index is 10.9. The number of benzene rings is 2. The molecule has 21 heavy (non-hydrogen) atoms. The number of nitrogens with zero attached hydrogens (tertiary/aromatic N) is 2. The summed E-state index contributed by atoms with van der Waals surface area (Å²) < 4.78 is 30.5. The van der Waals surface area contributed by atoms with Gasteiger partial charge >= 0.3 is 29.6 Å². The molecule has 2 aromatic carbocycles. The predicted octanol–water partition coefficient (Wildman–Crippen LogP) is 0.712. The van der Waals surface area contributed by atoms with Crippen LogP contribution in [0, 0.1) is 0 Å². The number of azo groups is 1. The van der Waals surface area contributed by atoms with Crippen LogP contribution in [0.25, 0.3) is 0 Å². The first-order valence-electron chi connectivity index (χ1n) is 5.34. The maximum Gasteiger partial charge on any atom is 1.00 e. The van der Waals surface area contributed by atoms with Gasteiger partial charge in [-0.05, 0) is 42.5 Å². The van der Waals surface area contributed by atoms with Gasteiger partial charge in [-0.25, -0.2) is 0 Å². The molecule has 2 aromatic rings. The van der Waals surface area contributed by atoms with Crippen LogP contribution in [0.1, 0.15) is 0 Å². The maximum absolute atomic E-state index is 10.9. The SMILES string of the molecule is O=S(=O)(O)c1ccc(N=Nc2ccc(O)c(Cl)c2)cc1.[Na+]. The second-order valence-corrected chi connectivity index (χ2v) is 5.63. The molecule has 0 aromatic heterocycles.